The van der Waals surface area contributed by atoms with Gasteiger partial charge in [-0.25, -0.2) is 12.8 Å². The smallest absolute Gasteiger partial charge is 0.261 e. The van der Waals surface area contributed by atoms with Gasteiger partial charge in [-0.2, -0.15) is 0 Å². The fourth-order valence-electron chi connectivity index (χ4n) is 2.74. The number of carbonyl (C=O) groups excluding carboxylic acids is 2. The summed E-state index contributed by atoms with van der Waals surface area (Å²) in [6, 6.07) is 15.1. The first-order valence-corrected chi connectivity index (χ1v) is 10.2. The van der Waals surface area contributed by atoms with Crippen molar-refractivity contribution >= 4 is 33.2 Å². The molecule has 0 atom stereocenters. The third kappa shape index (κ3) is 4.64. The van der Waals surface area contributed by atoms with Gasteiger partial charge in [0.2, 0.25) is 0 Å². The highest BCUT2D eigenvalue weighted by molar-refractivity contribution is 7.92. The van der Waals surface area contributed by atoms with E-state index >= 15 is 0 Å². The maximum Gasteiger partial charge on any atom is 0.261 e. The van der Waals surface area contributed by atoms with Gasteiger partial charge in [0.1, 0.15) is 5.82 Å². The Kier molecular flexibility index (Phi) is 5.84. The molecule has 0 spiro atoms. The van der Waals surface area contributed by atoms with E-state index in [0.29, 0.717) is 5.56 Å². The summed E-state index contributed by atoms with van der Waals surface area (Å²) in [5.41, 5.74) is 6.49. The summed E-state index contributed by atoms with van der Waals surface area (Å²) in [5.74, 6) is -1.80. The van der Waals surface area contributed by atoms with Gasteiger partial charge in [-0.3, -0.25) is 14.3 Å². The summed E-state index contributed by atoms with van der Waals surface area (Å²) in [4.78, 5) is 24.2. The summed E-state index contributed by atoms with van der Waals surface area (Å²) in [5, 5.41) is 2.59. The average molecular weight is 427 g/mol. The quantitative estimate of drug-likeness (QED) is 0.559. The van der Waals surface area contributed by atoms with Crippen molar-refractivity contribution in [2.45, 2.75) is 11.8 Å². The van der Waals surface area contributed by atoms with Crippen LogP contribution in [0, 0.1) is 12.7 Å². The van der Waals surface area contributed by atoms with Crippen molar-refractivity contribution in [2.75, 3.05) is 10.0 Å². The zero-order valence-corrected chi connectivity index (χ0v) is 16.7. The number of para-hydroxylation sites is 1. The van der Waals surface area contributed by atoms with Gasteiger partial charge < -0.3 is 11.1 Å². The van der Waals surface area contributed by atoms with Gasteiger partial charge in [0.25, 0.3) is 21.8 Å². The summed E-state index contributed by atoms with van der Waals surface area (Å²) in [7, 11) is -4.02. The SMILES string of the molecule is Cc1ccc(S(=O)(=O)Nc2ccc(F)cc2)cc1C(=O)Nc1ccccc1C(N)=O. The molecule has 0 saturated heterocycles. The second kappa shape index (κ2) is 8.34. The summed E-state index contributed by atoms with van der Waals surface area (Å²) in [6.45, 7) is 1.65. The number of aryl methyl sites for hydroxylation is 1. The molecular weight excluding hydrogens is 409 g/mol. The minimum absolute atomic E-state index is 0.108. The van der Waals surface area contributed by atoms with Crippen LogP contribution in [0.5, 0.6) is 0 Å². The number of anilines is 2. The topological polar surface area (TPSA) is 118 Å². The second-order valence-electron chi connectivity index (χ2n) is 6.45. The predicted octanol–water partition coefficient (Wildman–Crippen LogP) is 3.29. The van der Waals surface area contributed by atoms with Crippen LogP contribution in [0.4, 0.5) is 15.8 Å². The average Bonchev–Trinajstić information content (AvgIpc) is 2.70. The van der Waals surface area contributed by atoms with Crippen LogP contribution in [0.1, 0.15) is 26.3 Å². The van der Waals surface area contributed by atoms with E-state index in [1.807, 2.05) is 0 Å². The third-order valence-corrected chi connectivity index (χ3v) is 5.68. The number of hydrogen-bond donors (Lipinski definition) is 3. The first-order valence-electron chi connectivity index (χ1n) is 8.76. The molecule has 0 heterocycles. The Bertz CT molecular complexity index is 1230. The number of sulfonamides is 1. The van der Waals surface area contributed by atoms with E-state index in [0.717, 1.165) is 12.1 Å². The number of carbonyl (C=O) groups is 2. The van der Waals surface area contributed by atoms with Crippen LogP contribution in [-0.4, -0.2) is 20.2 Å². The predicted molar refractivity (Wildman–Crippen MR) is 111 cm³/mol. The zero-order chi connectivity index (χ0) is 21.9. The van der Waals surface area contributed by atoms with Gasteiger partial charge in [0.15, 0.2) is 0 Å². The van der Waals surface area contributed by atoms with Crippen molar-refractivity contribution in [1.29, 1.82) is 0 Å². The molecule has 0 aliphatic heterocycles. The minimum atomic E-state index is -4.02. The molecule has 3 aromatic carbocycles. The first-order chi connectivity index (χ1) is 14.2. The highest BCUT2D eigenvalue weighted by atomic mass is 32.2. The first kappa shape index (κ1) is 21.0. The lowest BCUT2D eigenvalue weighted by Crippen LogP contribution is -2.20. The van der Waals surface area contributed by atoms with Crippen molar-refractivity contribution < 1.29 is 22.4 Å². The second-order valence-corrected chi connectivity index (χ2v) is 8.14. The highest BCUT2D eigenvalue weighted by Gasteiger charge is 2.19. The lowest BCUT2D eigenvalue weighted by Gasteiger charge is -2.13. The van der Waals surface area contributed by atoms with Crippen LogP contribution in [0.15, 0.2) is 71.6 Å². The molecule has 9 heteroatoms. The minimum Gasteiger partial charge on any atom is -0.366 e. The van der Waals surface area contributed by atoms with Crippen molar-refractivity contribution in [3.05, 3.63) is 89.2 Å². The van der Waals surface area contributed by atoms with Gasteiger partial charge in [0, 0.05) is 11.3 Å². The van der Waals surface area contributed by atoms with Crippen molar-refractivity contribution in [3.8, 4) is 0 Å². The molecule has 3 rings (SSSR count). The fraction of sp³-hybridized carbons (Fsp3) is 0.0476. The van der Waals surface area contributed by atoms with Crippen LogP contribution >= 0.6 is 0 Å². The van der Waals surface area contributed by atoms with Crippen LogP contribution in [-0.2, 0) is 10.0 Å². The van der Waals surface area contributed by atoms with Crippen LogP contribution in [0.2, 0.25) is 0 Å². The van der Waals surface area contributed by atoms with Gasteiger partial charge in [-0.05, 0) is 61.0 Å². The van der Waals surface area contributed by atoms with E-state index in [4.69, 9.17) is 5.73 Å². The molecular formula is C21H18FN3O4S. The maximum absolute atomic E-state index is 13.0. The molecule has 0 unspecified atom stereocenters. The van der Waals surface area contributed by atoms with Crippen molar-refractivity contribution in [2.24, 2.45) is 5.73 Å². The normalized spacial score (nSPS) is 11.0. The van der Waals surface area contributed by atoms with Crippen LogP contribution in [0.3, 0.4) is 0 Å². The Morgan fingerprint density at radius 2 is 1.60 bits per heavy atom. The van der Waals surface area contributed by atoms with E-state index in [-0.39, 0.29) is 27.4 Å². The summed E-state index contributed by atoms with van der Waals surface area (Å²) in [6.07, 6.45) is 0. The van der Waals surface area contributed by atoms with Gasteiger partial charge >= 0.3 is 0 Å². The molecule has 0 aliphatic rings. The Morgan fingerprint density at radius 3 is 2.27 bits per heavy atom. The van der Waals surface area contributed by atoms with Crippen molar-refractivity contribution in [1.82, 2.24) is 0 Å². The van der Waals surface area contributed by atoms with E-state index in [1.165, 1.54) is 42.5 Å². The lowest BCUT2D eigenvalue weighted by molar-refractivity contribution is 0.100. The number of primary amides is 1. The van der Waals surface area contributed by atoms with Gasteiger partial charge in [0.05, 0.1) is 16.1 Å². The van der Waals surface area contributed by atoms with Crippen LogP contribution in [0.25, 0.3) is 0 Å². The third-order valence-electron chi connectivity index (χ3n) is 4.30. The van der Waals surface area contributed by atoms with E-state index < -0.39 is 27.7 Å². The maximum atomic E-state index is 13.0. The fourth-order valence-corrected chi connectivity index (χ4v) is 3.83. The molecule has 30 heavy (non-hydrogen) atoms. The molecule has 154 valence electrons. The number of benzene rings is 3. The van der Waals surface area contributed by atoms with Crippen molar-refractivity contribution in [3.63, 3.8) is 0 Å². The number of amides is 2. The molecule has 2 amide bonds. The molecule has 0 fully saturated rings. The summed E-state index contributed by atoms with van der Waals surface area (Å²) < 4.78 is 40.7. The molecule has 0 radical (unpaired) electrons. The number of hydrogen-bond acceptors (Lipinski definition) is 4. The highest BCUT2D eigenvalue weighted by Crippen LogP contribution is 2.22. The Hall–Kier alpha value is -3.72. The number of nitrogens with one attached hydrogen (secondary N) is 2. The van der Waals surface area contributed by atoms with Gasteiger partial charge in [-0.15, -0.1) is 0 Å². The Morgan fingerprint density at radius 1 is 0.933 bits per heavy atom. The molecule has 0 bridgehead atoms. The number of rotatable bonds is 6. The molecule has 0 aromatic heterocycles. The van der Waals surface area contributed by atoms with E-state index in [9.17, 15) is 22.4 Å². The van der Waals surface area contributed by atoms with Crippen LogP contribution < -0.4 is 15.8 Å². The summed E-state index contributed by atoms with van der Waals surface area (Å²) >= 11 is 0. The lowest BCUT2D eigenvalue weighted by atomic mass is 10.1. The monoisotopic (exact) mass is 427 g/mol. The standard InChI is InChI=1S/C21H18FN3O4S/c1-13-6-11-16(30(28,29)25-15-9-7-14(22)8-10-15)12-18(13)21(27)24-19-5-3-2-4-17(19)20(23)26/h2-12,25H,1H3,(H2,23,26)(H,24,27). The molecule has 4 N–H and O–H groups in total. The largest absolute Gasteiger partial charge is 0.366 e. The Labute approximate surface area is 172 Å². The molecule has 3 aromatic rings. The molecule has 0 saturated carbocycles. The number of nitrogens with two attached hydrogens (primary N) is 1. The van der Waals surface area contributed by atoms with E-state index in [1.54, 1.807) is 19.1 Å². The van der Waals surface area contributed by atoms with Gasteiger partial charge in [-0.1, -0.05) is 18.2 Å². The zero-order valence-electron chi connectivity index (χ0n) is 15.8. The number of halogens is 1. The Balaban J connectivity index is 1.90. The molecule has 0 aliphatic carbocycles. The molecule has 7 nitrogen and oxygen atoms in total. The van der Waals surface area contributed by atoms with E-state index in [2.05, 4.69) is 10.0 Å².